The highest BCUT2D eigenvalue weighted by Crippen LogP contribution is 2.43. The van der Waals surface area contributed by atoms with Crippen LogP contribution in [0.25, 0.3) is 0 Å². The number of hydrogen-bond acceptors (Lipinski definition) is 5. The van der Waals surface area contributed by atoms with Crippen molar-refractivity contribution >= 4 is 5.97 Å². The first-order chi connectivity index (χ1) is 10.2. The molecule has 0 aliphatic heterocycles. The second-order valence-electron chi connectivity index (χ2n) is 6.04. The number of carbonyl (C=O) groups is 1. The Bertz CT molecular complexity index is 510. The van der Waals surface area contributed by atoms with Crippen molar-refractivity contribution in [3.05, 3.63) is 11.4 Å². The average molecular weight is 293 g/mol. The highest BCUT2D eigenvalue weighted by molar-refractivity contribution is 5.88. The second kappa shape index (κ2) is 6.13. The van der Waals surface area contributed by atoms with Gasteiger partial charge < -0.3 is 9.84 Å². The van der Waals surface area contributed by atoms with E-state index < -0.39 is 12.1 Å². The van der Waals surface area contributed by atoms with Gasteiger partial charge in [0.05, 0.1) is 24.4 Å². The minimum absolute atomic E-state index is 0.0567. The fourth-order valence-electron chi connectivity index (χ4n) is 3.18. The normalized spacial score (nSPS) is 26.4. The van der Waals surface area contributed by atoms with E-state index in [2.05, 4.69) is 10.3 Å². The van der Waals surface area contributed by atoms with Crippen LogP contribution in [0.2, 0.25) is 0 Å². The molecule has 6 nitrogen and oxygen atoms in total. The number of rotatable bonds is 4. The van der Waals surface area contributed by atoms with E-state index in [1.165, 1.54) is 0 Å². The van der Waals surface area contributed by atoms with Crippen LogP contribution in [0.15, 0.2) is 0 Å². The van der Waals surface area contributed by atoms with Crippen molar-refractivity contribution in [2.75, 3.05) is 6.61 Å². The Labute approximate surface area is 124 Å². The molecule has 2 aliphatic rings. The van der Waals surface area contributed by atoms with Crippen LogP contribution < -0.4 is 0 Å². The molecule has 1 aromatic heterocycles. The molecule has 116 valence electrons. The van der Waals surface area contributed by atoms with Crippen molar-refractivity contribution in [3.63, 3.8) is 0 Å². The van der Waals surface area contributed by atoms with Crippen molar-refractivity contribution < 1.29 is 14.6 Å². The van der Waals surface area contributed by atoms with Gasteiger partial charge in [-0.1, -0.05) is 24.5 Å². The first-order valence-electron chi connectivity index (χ1n) is 8.02. The van der Waals surface area contributed by atoms with Gasteiger partial charge in [-0.3, -0.25) is 0 Å². The molecular weight excluding hydrogens is 270 g/mol. The lowest BCUT2D eigenvalue weighted by Gasteiger charge is -2.22. The second-order valence-corrected chi connectivity index (χ2v) is 6.04. The Morgan fingerprint density at radius 3 is 2.76 bits per heavy atom. The van der Waals surface area contributed by atoms with Gasteiger partial charge in [0.2, 0.25) is 0 Å². The molecule has 2 atom stereocenters. The Balaban J connectivity index is 1.92. The standard InChI is InChI=1S/C15H23N3O3/c1-2-21-15(20)13-14(10-8-9-10)18(17-16-13)11-6-4-3-5-7-12(11)19/h10-12,19H,2-9H2,1H3. The fourth-order valence-corrected chi connectivity index (χ4v) is 3.18. The quantitative estimate of drug-likeness (QED) is 0.680. The molecule has 2 unspecified atom stereocenters. The van der Waals surface area contributed by atoms with Crippen LogP contribution in [0.5, 0.6) is 0 Å². The number of aromatic nitrogens is 3. The molecule has 0 amide bonds. The van der Waals surface area contributed by atoms with Crippen molar-refractivity contribution in [2.45, 2.75) is 69.9 Å². The first-order valence-corrected chi connectivity index (χ1v) is 8.02. The smallest absolute Gasteiger partial charge is 0.360 e. The van der Waals surface area contributed by atoms with E-state index in [1.807, 2.05) is 4.68 Å². The van der Waals surface area contributed by atoms with E-state index in [0.717, 1.165) is 50.6 Å². The van der Waals surface area contributed by atoms with Gasteiger partial charge in [0.1, 0.15) is 0 Å². The SMILES string of the molecule is CCOC(=O)c1nnn(C2CCCCCC2O)c1C1CC1. The molecule has 2 aliphatic carbocycles. The Kier molecular flexibility index (Phi) is 4.24. The third kappa shape index (κ3) is 2.95. The van der Waals surface area contributed by atoms with Gasteiger partial charge in [-0.15, -0.1) is 5.10 Å². The minimum Gasteiger partial charge on any atom is -0.461 e. The van der Waals surface area contributed by atoms with E-state index >= 15 is 0 Å². The number of hydrogen-bond donors (Lipinski definition) is 1. The Morgan fingerprint density at radius 2 is 2.05 bits per heavy atom. The number of aliphatic hydroxyl groups excluding tert-OH is 1. The number of aliphatic hydroxyl groups is 1. The third-order valence-electron chi connectivity index (χ3n) is 4.42. The monoisotopic (exact) mass is 293 g/mol. The molecule has 21 heavy (non-hydrogen) atoms. The van der Waals surface area contributed by atoms with Gasteiger partial charge in [0.15, 0.2) is 5.69 Å². The van der Waals surface area contributed by atoms with Gasteiger partial charge in [-0.25, -0.2) is 9.48 Å². The molecule has 1 N–H and O–H groups in total. The molecule has 0 saturated heterocycles. The summed E-state index contributed by atoms with van der Waals surface area (Å²) >= 11 is 0. The van der Waals surface area contributed by atoms with Crippen LogP contribution in [0, 0.1) is 0 Å². The lowest BCUT2D eigenvalue weighted by Crippen LogP contribution is -2.25. The number of carbonyl (C=O) groups excluding carboxylic acids is 1. The summed E-state index contributed by atoms with van der Waals surface area (Å²) in [5, 5.41) is 18.6. The molecule has 1 aromatic rings. The molecular formula is C15H23N3O3. The first kappa shape index (κ1) is 14.5. The zero-order valence-corrected chi connectivity index (χ0v) is 12.5. The summed E-state index contributed by atoms with van der Waals surface area (Å²) in [6.07, 6.45) is 6.69. The zero-order valence-electron chi connectivity index (χ0n) is 12.5. The van der Waals surface area contributed by atoms with E-state index in [-0.39, 0.29) is 6.04 Å². The lowest BCUT2D eigenvalue weighted by atomic mass is 10.1. The van der Waals surface area contributed by atoms with Crippen molar-refractivity contribution in [2.24, 2.45) is 0 Å². The summed E-state index contributed by atoms with van der Waals surface area (Å²) in [5.41, 5.74) is 1.22. The maximum absolute atomic E-state index is 12.0. The summed E-state index contributed by atoms with van der Waals surface area (Å²) in [6.45, 7) is 2.12. The summed E-state index contributed by atoms with van der Waals surface area (Å²) in [6, 6.07) is -0.0567. The van der Waals surface area contributed by atoms with Crippen LogP contribution >= 0.6 is 0 Å². The zero-order chi connectivity index (χ0) is 14.8. The molecule has 6 heteroatoms. The summed E-state index contributed by atoms with van der Waals surface area (Å²) in [5.74, 6) is -0.0522. The molecule has 1 heterocycles. The summed E-state index contributed by atoms with van der Waals surface area (Å²) in [4.78, 5) is 12.0. The highest BCUT2D eigenvalue weighted by atomic mass is 16.5. The molecule has 0 spiro atoms. The van der Waals surface area contributed by atoms with Gasteiger partial charge in [0, 0.05) is 5.92 Å². The molecule has 2 saturated carbocycles. The topological polar surface area (TPSA) is 77.2 Å². The predicted octanol–water partition coefficient (Wildman–Crippen LogP) is 2.20. The predicted molar refractivity (Wildman–Crippen MR) is 76.1 cm³/mol. The van der Waals surface area contributed by atoms with Crippen molar-refractivity contribution in [1.82, 2.24) is 15.0 Å². The van der Waals surface area contributed by atoms with Gasteiger partial charge in [-0.05, 0) is 32.6 Å². The molecule has 2 fully saturated rings. The minimum atomic E-state index is -0.401. The van der Waals surface area contributed by atoms with Crippen LogP contribution in [0.3, 0.4) is 0 Å². The third-order valence-corrected chi connectivity index (χ3v) is 4.42. The van der Waals surface area contributed by atoms with Crippen molar-refractivity contribution in [1.29, 1.82) is 0 Å². The highest BCUT2D eigenvalue weighted by Gasteiger charge is 2.37. The molecule has 3 rings (SSSR count). The molecule has 0 bridgehead atoms. The number of esters is 1. The lowest BCUT2D eigenvalue weighted by molar-refractivity contribution is 0.0517. The van der Waals surface area contributed by atoms with Gasteiger partial charge >= 0.3 is 5.97 Å². The maximum Gasteiger partial charge on any atom is 0.360 e. The summed E-state index contributed by atoms with van der Waals surface area (Å²) in [7, 11) is 0. The fraction of sp³-hybridized carbons (Fsp3) is 0.800. The Hall–Kier alpha value is -1.43. The van der Waals surface area contributed by atoms with Crippen LogP contribution in [0.4, 0.5) is 0 Å². The molecule has 0 aromatic carbocycles. The summed E-state index contributed by atoms with van der Waals surface area (Å²) < 4.78 is 6.90. The maximum atomic E-state index is 12.0. The molecule has 0 radical (unpaired) electrons. The van der Waals surface area contributed by atoms with E-state index in [4.69, 9.17) is 4.74 Å². The van der Waals surface area contributed by atoms with E-state index in [9.17, 15) is 9.90 Å². The van der Waals surface area contributed by atoms with Crippen molar-refractivity contribution in [3.8, 4) is 0 Å². The van der Waals surface area contributed by atoms with Crippen LogP contribution in [-0.4, -0.2) is 38.8 Å². The van der Waals surface area contributed by atoms with Gasteiger partial charge in [0.25, 0.3) is 0 Å². The van der Waals surface area contributed by atoms with E-state index in [1.54, 1.807) is 6.92 Å². The van der Waals surface area contributed by atoms with E-state index in [0.29, 0.717) is 18.2 Å². The Morgan fingerprint density at radius 1 is 1.29 bits per heavy atom. The van der Waals surface area contributed by atoms with Crippen LogP contribution in [-0.2, 0) is 4.74 Å². The van der Waals surface area contributed by atoms with Crippen LogP contribution in [0.1, 0.15) is 80.0 Å². The average Bonchev–Trinajstić information content (AvgIpc) is 3.25. The largest absolute Gasteiger partial charge is 0.461 e. The number of ether oxygens (including phenoxy) is 1. The van der Waals surface area contributed by atoms with Gasteiger partial charge in [-0.2, -0.15) is 0 Å². The number of nitrogens with zero attached hydrogens (tertiary/aromatic N) is 3.